The fraction of sp³-hybridized carbons (Fsp3) is 1.00. The van der Waals surface area contributed by atoms with Gasteiger partial charge in [0, 0.05) is 18.6 Å². The molecule has 2 saturated heterocycles. The minimum Gasteiger partial charge on any atom is -0.314 e. The minimum atomic E-state index is 0.786. The topological polar surface area (TPSA) is 18.5 Å². The minimum absolute atomic E-state index is 0.786. The lowest BCUT2D eigenvalue weighted by Gasteiger charge is -2.36. The quantitative estimate of drug-likeness (QED) is 0.785. The number of hydrogen-bond acceptors (Lipinski definition) is 3. The Morgan fingerprint density at radius 2 is 2.12 bits per heavy atom. The molecule has 0 spiro atoms. The molecule has 17 heavy (non-hydrogen) atoms. The second-order valence-corrected chi connectivity index (χ2v) is 6.00. The van der Waals surface area contributed by atoms with Crippen LogP contribution < -0.4 is 5.32 Å². The molecule has 0 aromatic heterocycles. The van der Waals surface area contributed by atoms with Crippen LogP contribution in [-0.4, -0.2) is 62.2 Å². The first-order valence-electron chi connectivity index (χ1n) is 7.38. The van der Waals surface area contributed by atoms with Gasteiger partial charge in [-0.3, -0.25) is 0 Å². The molecular formula is C14H29N3. The Bertz CT molecular complexity index is 212. The van der Waals surface area contributed by atoms with E-state index < -0.39 is 0 Å². The Morgan fingerprint density at radius 3 is 2.82 bits per heavy atom. The summed E-state index contributed by atoms with van der Waals surface area (Å²) in [6.07, 6.45) is 8.30. The van der Waals surface area contributed by atoms with Crippen LogP contribution in [0.25, 0.3) is 0 Å². The number of likely N-dealkylation sites (tertiary alicyclic amines) is 1. The van der Waals surface area contributed by atoms with Crippen LogP contribution in [0, 0.1) is 0 Å². The molecule has 2 rings (SSSR count). The first kappa shape index (κ1) is 13.3. The summed E-state index contributed by atoms with van der Waals surface area (Å²) in [4.78, 5) is 5.06. The van der Waals surface area contributed by atoms with Crippen LogP contribution in [0.5, 0.6) is 0 Å². The summed E-state index contributed by atoms with van der Waals surface area (Å²) in [5.41, 5.74) is 0. The van der Waals surface area contributed by atoms with Gasteiger partial charge in [0.1, 0.15) is 0 Å². The largest absolute Gasteiger partial charge is 0.314 e. The Morgan fingerprint density at radius 1 is 1.24 bits per heavy atom. The Kier molecular flexibility index (Phi) is 5.26. The van der Waals surface area contributed by atoms with Gasteiger partial charge in [-0.2, -0.15) is 0 Å². The van der Waals surface area contributed by atoms with Gasteiger partial charge in [-0.15, -0.1) is 0 Å². The van der Waals surface area contributed by atoms with Crippen molar-refractivity contribution in [2.45, 2.75) is 50.6 Å². The fourth-order valence-electron chi connectivity index (χ4n) is 3.22. The maximum atomic E-state index is 3.59. The maximum Gasteiger partial charge on any atom is 0.0217 e. The number of piperidine rings is 1. The molecule has 0 radical (unpaired) electrons. The van der Waals surface area contributed by atoms with Crippen LogP contribution in [0.3, 0.4) is 0 Å². The molecule has 2 unspecified atom stereocenters. The van der Waals surface area contributed by atoms with E-state index in [4.69, 9.17) is 0 Å². The third-order valence-corrected chi connectivity index (χ3v) is 4.40. The van der Waals surface area contributed by atoms with Crippen molar-refractivity contribution >= 4 is 0 Å². The van der Waals surface area contributed by atoms with Crippen molar-refractivity contribution < 1.29 is 0 Å². The standard InChI is InChI=1S/C14H29N3/c1-16(2)14-8-5-11-17(12-14)10-4-7-13-6-3-9-15-13/h13-15H,3-12H2,1-2H3. The van der Waals surface area contributed by atoms with Crippen molar-refractivity contribution in [3.05, 3.63) is 0 Å². The second-order valence-electron chi connectivity index (χ2n) is 6.00. The molecule has 2 fully saturated rings. The highest BCUT2D eigenvalue weighted by molar-refractivity contribution is 4.79. The van der Waals surface area contributed by atoms with E-state index in [1.54, 1.807) is 0 Å². The first-order valence-corrected chi connectivity index (χ1v) is 7.38. The Balaban J connectivity index is 1.61. The van der Waals surface area contributed by atoms with Gasteiger partial charge in [-0.1, -0.05) is 0 Å². The van der Waals surface area contributed by atoms with Gasteiger partial charge in [0.05, 0.1) is 0 Å². The van der Waals surface area contributed by atoms with E-state index in [2.05, 4.69) is 29.2 Å². The summed E-state index contributed by atoms with van der Waals surface area (Å²) in [6, 6.07) is 1.61. The highest BCUT2D eigenvalue weighted by Gasteiger charge is 2.21. The van der Waals surface area contributed by atoms with Crippen molar-refractivity contribution in [2.75, 3.05) is 40.3 Å². The van der Waals surface area contributed by atoms with Gasteiger partial charge in [0.15, 0.2) is 0 Å². The van der Waals surface area contributed by atoms with E-state index >= 15 is 0 Å². The average Bonchev–Trinajstić information content (AvgIpc) is 2.82. The van der Waals surface area contributed by atoms with Crippen LogP contribution in [0.4, 0.5) is 0 Å². The lowest BCUT2D eigenvalue weighted by atomic mass is 10.0. The zero-order valence-electron chi connectivity index (χ0n) is 11.6. The van der Waals surface area contributed by atoms with Crippen molar-refractivity contribution in [2.24, 2.45) is 0 Å². The highest BCUT2D eigenvalue weighted by Crippen LogP contribution is 2.16. The van der Waals surface area contributed by atoms with E-state index in [9.17, 15) is 0 Å². The van der Waals surface area contributed by atoms with Crippen molar-refractivity contribution in [3.63, 3.8) is 0 Å². The summed E-state index contributed by atoms with van der Waals surface area (Å²) in [5.74, 6) is 0. The molecule has 2 aliphatic heterocycles. The predicted molar refractivity (Wildman–Crippen MR) is 73.4 cm³/mol. The van der Waals surface area contributed by atoms with Gasteiger partial charge in [-0.05, 0) is 72.3 Å². The zero-order valence-corrected chi connectivity index (χ0v) is 11.6. The van der Waals surface area contributed by atoms with Crippen LogP contribution in [0.15, 0.2) is 0 Å². The van der Waals surface area contributed by atoms with Crippen LogP contribution in [-0.2, 0) is 0 Å². The third-order valence-electron chi connectivity index (χ3n) is 4.40. The summed E-state index contributed by atoms with van der Waals surface area (Å²) >= 11 is 0. The molecule has 1 N–H and O–H groups in total. The molecule has 0 aromatic rings. The van der Waals surface area contributed by atoms with Crippen LogP contribution in [0.1, 0.15) is 38.5 Å². The normalized spacial score (nSPS) is 31.2. The number of rotatable bonds is 5. The number of nitrogens with zero attached hydrogens (tertiary/aromatic N) is 2. The van der Waals surface area contributed by atoms with Crippen molar-refractivity contribution in [3.8, 4) is 0 Å². The molecule has 0 bridgehead atoms. The Hall–Kier alpha value is -0.120. The number of hydrogen-bond donors (Lipinski definition) is 1. The molecule has 0 aliphatic carbocycles. The van der Waals surface area contributed by atoms with Crippen molar-refractivity contribution in [1.82, 2.24) is 15.1 Å². The summed E-state index contributed by atoms with van der Waals surface area (Å²) in [7, 11) is 4.44. The first-order chi connectivity index (χ1) is 8.25. The average molecular weight is 239 g/mol. The molecular weight excluding hydrogens is 210 g/mol. The van der Waals surface area contributed by atoms with E-state index in [-0.39, 0.29) is 0 Å². The van der Waals surface area contributed by atoms with Crippen LogP contribution in [0.2, 0.25) is 0 Å². The summed E-state index contributed by atoms with van der Waals surface area (Å²) in [6.45, 7) is 5.16. The number of nitrogens with one attached hydrogen (secondary N) is 1. The highest BCUT2D eigenvalue weighted by atomic mass is 15.2. The van der Waals surface area contributed by atoms with Gasteiger partial charge >= 0.3 is 0 Å². The third kappa shape index (κ3) is 4.23. The van der Waals surface area contributed by atoms with Crippen molar-refractivity contribution in [1.29, 1.82) is 0 Å². The molecule has 2 heterocycles. The molecule has 2 aliphatic rings. The van der Waals surface area contributed by atoms with E-state index in [0.29, 0.717) is 0 Å². The smallest absolute Gasteiger partial charge is 0.0217 e. The van der Waals surface area contributed by atoms with E-state index in [1.807, 2.05) is 0 Å². The van der Waals surface area contributed by atoms with Gasteiger partial charge in [0.2, 0.25) is 0 Å². The fourth-order valence-corrected chi connectivity index (χ4v) is 3.22. The zero-order chi connectivity index (χ0) is 12.1. The van der Waals surface area contributed by atoms with Gasteiger partial charge in [0.25, 0.3) is 0 Å². The molecule has 100 valence electrons. The van der Waals surface area contributed by atoms with E-state index in [1.165, 1.54) is 64.7 Å². The summed E-state index contributed by atoms with van der Waals surface area (Å²) in [5, 5.41) is 3.59. The molecule has 0 aromatic carbocycles. The molecule has 3 nitrogen and oxygen atoms in total. The molecule has 0 saturated carbocycles. The predicted octanol–water partition coefficient (Wildman–Crippen LogP) is 1.54. The summed E-state index contributed by atoms with van der Waals surface area (Å²) < 4.78 is 0. The second kappa shape index (κ2) is 6.72. The lowest BCUT2D eigenvalue weighted by molar-refractivity contribution is 0.131. The monoisotopic (exact) mass is 239 g/mol. The Labute approximate surface area is 107 Å². The molecule has 2 atom stereocenters. The SMILES string of the molecule is CN(C)C1CCCN(CCCC2CCCN2)C1. The number of likely N-dealkylation sites (N-methyl/N-ethyl adjacent to an activating group) is 1. The maximum absolute atomic E-state index is 3.59. The van der Waals surface area contributed by atoms with Gasteiger partial charge < -0.3 is 15.1 Å². The van der Waals surface area contributed by atoms with E-state index in [0.717, 1.165) is 12.1 Å². The van der Waals surface area contributed by atoms with Gasteiger partial charge in [-0.25, -0.2) is 0 Å². The van der Waals surface area contributed by atoms with Crippen LogP contribution >= 0.6 is 0 Å². The molecule has 0 amide bonds. The lowest BCUT2D eigenvalue weighted by Crippen LogP contribution is -2.45. The molecule has 3 heteroatoms.